The van der Waals surface area contributed by atoms with Crippen LogP contribution in [0.1, 0.15) is 44.7 Å². The molecule has 2 aliphatic heterocycles. The third-order valence-corrected chi connectivity index (χ3v) is 3.90. The van der Waals surface area contributed by atoms with Crippen LogP contribution >= 0.6 is 0 Å². The molecular weight excluding hydrogens is 254 g/mol. The molecule has 20 heavy (non-hydrogen) atoms. The van der Waals surface area contributed by atoms with E-state index in [2.05, 4.69) is 13.8 Å². The molecule has 2 N–H and O–H groups in total. The van der Waals surface area contributed by atoms with Crippen molar-refractivity contribution in [1.29, 1.82) is 0 Å². The van der Waals surface area contributed by atoms with Gasteiger partial charge in [-0.2, -0.15) is 0 Å². The second-order valence-electron chi connectivity index (χ2n) is 6.33. The average molecular weight is 277 g/mol. The number of fused-ring (bicyclic) bond motifs is 1. The lowest BCUT2D eigenvalue weighted by Crippen LogP contribution is -2.37. The van der Waals surface area contributed by atoms with Gasteiger partial charge in [-0.15, -0.1) is 0 Å². The van der Waals surface area contributed by atoms with Crippen molar-refractivity contribution < 1.29 is 14.2 Å². The fourth-order valence-electron chi connectivity index (χ4n) is 2.96. The van der Waals surface area contributed by atoms with Gasteiger partial charge in [0.2, 0.25) is 0 Å². The first-order chi connectivity index (χ1) is 9.53. The number of hydrogen-bond acceptors (Lipinski definition) is 4. The fourth-order valence-corrected chi connectivity index (χ4v) is 2.96. The lowest BCUT2D eigenvalue weighted by Gasteiger charge is -2.36. The van der Waals surface area contributed by atoms with E-state index in [0.29, 0.717) is 6.61 Å². The Hall–Kier alpha value is -1.26. The molecule has 0 bridgehead atoms. The van der Waals surface area contributed by atoms with E-state index in [-0.39, 0.29) is 17.7 Å². The van der Waals surface area contributed by atoms with Crippen LogP contribution < -0.4 is 15.2 Å². The van der Waals surface area contributed by atoms with Gasteiger partial charge in [0.05, 0.1) is 6.61 Å². The second kappa shape index (κ2) is 5.26. The van der Waals surface area contributed by atoms with E-state index in [1.807, 2.05) is 18.2 Å². The van der Waals surface area contributed by atoms with Gasteiger partial charge in [-0.25, -0.2) is 0 Å². The number of nitrogens with two attached hydrogens (primary N) is 1. The summed E-state index contributed by atoms with van der Waals surface area (Å²) in [5.41, 5.74) is 7.06. The number of rotatable bonds is 2. The normalized spacial score (nSPS) is 28.4. The molecule has 0 spiro atoms. The van der Waals surface area contributed by atoms with Gasteiger partial charge < -0.3 is 19.9 Å². The van der Waals surface area contributed by atoms with E-state index in [4.69, 9.17) is 19.9 Å². The number of ether oxygens (including phenoxy) is 3. The summed E-state index contributed by atoms with van der Waals surface area (Å²) in [6.07, 6.45) is 3.08. The molecule has 2 aliphatic rings. The molecule has 110 valence electrons. The highest BCUT2D eigenvalue weighted by atomic mass is 16.5. The first-order valence-corrected chi connectivity index (χ1v) is 7.36. The molecule has 2 atom stereocenters. The van der Waals surface area contributed by atoms with Gasteiger partial charge in [0.25, 0.3) is 0 Å². The van der Waals surface area contributed by atoms with Crippen LogP contribution in [0.2, 0.25) is 0 Å². The smallest absolute Gasteiger partial charge is 0.128 e. The van der Waals surface area contributed by atoms with Crippen molar-refractivity contribution in [3.8, 4) is 11.5 Å². The zero-order valence-electron chi connectivity index (χ0n) is 12.2. The summed E-state index contributed by atoms with van der Waals surface area (Å²) in [6, 6.07) is 5.99. The molecule has 2 unspecified atom stereocenters. The Morgan fingerprint density at radius 2 is 2.20 bits per heavy atom. The summed E-state index contributed by atoms with van der Waals surface area (Å²) in [5.74, 6) is 1.69. The van der Waals surface area contributed by atoms with Gasteiger partial charge in [-0.05, 0) is 32.8 Å². The Morgan fingerprint density at radius 1 is 1.35 bits per heavy atom. The largest absolute Gasteiger partial charge is 0.488 e. The summed E-state index contributed by atoms with van der Waals surface area (Å²) in [5, 5.41) is 0. The van der Waals surface area contributed by atoms with Crippen molar-refractivity contribution in [3.63, 3.8) is 0 Å². The van der Waals surface area contributed by atoms with E-state index in [1.165, 1.54) is 0 Å². The SMILES string of the molecule is CC1(C)CC(N)c2ccc(OC3CCCOC3)cc2O1. The Bertz CT molecular complexity index is 481. The van der Waals surface area contributed by atoms with Crippen molar-refractivity contribution in [1.82, 2.24) is 0 Å². The maximum Gasteiger partial charge on any atom is 0.128 e. The third-order valence-electron chi connectivity index (χ3n) is 3.90. The predicted molar refractivity (Wildman–Crippen MR) is 77.2 cm³/mol. The van der Waals surface area contributed by atoms with Crippen molar-refractivity contribution in [3.05, 3.63) is 23.8 Å². The molecule has 0 amide bonds. The summed E-state index contributed by atoms with van der Waals surface area (Å²) < 4.78 is 17.4. The quantitative estimate of drug-likeness (QED) is 0.903. The Balaban J connectivity index is 1.78. The minimum Gasteiger partial charge on any atom is -0.488 e. The minimum atomic E-state index is -0.223. The molecule has 4 heteroatoms. The average Bonchev–Trinajstić information content (AvgIpc) is 2.38. The van der Waals surface area contributed by atoms with Crippen LogP contribution in [0.5, 0.6) is 11.5 Å². The molecule has 0 radical (unpaired) electrons. The molecule has 3 rings (SSSR count). The summed E-state index contributed by atoms with van der Waals surface area (Å²) in [6.45, 7) is 5.65. The van der Waals surface area contributed by atoms with Crippen LogP contribution in [0, 0.1) is 0 Å². The summed E-state index contributed by atoms with van der Waals surface area (Å²) in [4.78, 5) is 0. The first-order valence-electron chi connectivity index (χ1n) is 7.36. The molecule has 0 aromatic heterocycles. The second-order valence-corrected chi connectivity index (χ2v) is 6.33. The Morgan fingerprint density at radius 3 is 2.95 bits per heavy atom. The van der Waals surface area contributed by atoms with Crippen LogP contribution in [-0.4, -0.2) is 24.9 Å². The summed E-state index contributed by atoms with van der Waals surface area (Å²) >= 11 is 0. The standard InChI is InChI=1S/C16H23NO3/c1-16(2)9-14(17)13-6-5-11(8-15(13)20-16)19-12-4-3-7-18-10-12/h5-6,8,12,14H,3-4,7,9-10,17H2,1-2H3. The van der Waals surface area contributed by atoms with Gasteiger partial charge in [-0.3, -0.25) is 0 Å². The van der Waals surface area contributed by atoms with Crippen molar-refractivity contribution >= 4 is 0 Å². The maximum atomic E-state index is 6.22. The van der Waals surface area contributed by atoms with Crippen LogP contribution in [0.3, 0.4) is 0 Å². The third kappa shape index (κ3) is 2.91. The van der Waals surface area contributed by atoms with E-state index < -0.39 is 0 Å². The van der Waals surface area contributed by atoms with Crippen molar-refractivity contribution in [2.24, 2.45) is 5.73 Å². The highest BCUT2D eigenvalue weighted by Crippen LogP contribution is 2.40. The molecule has 1 saturated heterocycles. The molecule has 1 aromatic carbocycles. The van der Waals surface area contributed by atoms with Crippen LogP contribution in [-0.2, 0) is 4.74 Å². The molecule has 0 saturated carbocycles. The van der Waals surface area contributed by atoms with Crippen molar-refractivity contribution in [2.75, 3.05) is 13.2 Å². The van der Waals surface area contributed by atoms with Gasteiger partial charge in [0.15, 0.2) is 0 Å². The zero-order valence-corrected chi connectivity index (χ0v) is 12.2. The maximum absolute atomic E-state index is 6.22. The molecular formula is C16H23NO3. The first kappa shape index (κ1) is 13.7. The lowest BCUT2D eigenvalue weighted by molar-refractivity contribution is 0.00696. The van der Waals surface area contributed by atoms with Gasteiger partial charge in [0, 0.05) is 30.7 Å². The molecule has 2 heterocycles. The fraction of sp³-hybridized carbons (Fsp3) is 0.625. The monoisotopic (exact) mass is 277 g/mol. The molecule has 1 aromatic rings. The lowest BCUT2D eigenvalue weighted by atomic mass is 9.90. The highest BCUT2D eigenvalue weighted by Gasteiger charge is 2.32. The molecule has 1 fully saturated rings. The van der Waals surface area contributed by atoms with Crippen LogP contribution in [0.15, 0.2) is 18.2 Å². The Kier molecular flexibility index (Phi) is 3.61. The van der Waals surface area contributed by atoms with E-state index in [0.717, 1.165) is 42.9 Å². The van der Waals surface area contributed by atoms with Gasteiger partial charge in [-0.1, -0.05) is 6.07 Å². The molecule has 4 nitrogen and oxygen atoms in total. The molecule has 0 aliphatic carbocycles. The van der Waals surface area contributed by atoms with E-state index in [1.54, 1.807) is 0 Å². The van der Waals surface area contributed by atoms with Crippen LogP contribution in [0.4, 0.5) is 0 Å². The number of hydrogen-bond donors (Lipinski definition) is 1. The number of benzene rings is 1. The topological polar surface area (TPSA) is 53.7 Å². The Labute approximate surface area is 120 Å². The van der Waals surface area contributed by atoms with Crippen molar-refractivity contribution in [2.45, 2.75) is 50.9 Å². The zero-order chi connectivity index (χ0) is 14.2. The predicted octanol–water partition coefficient (Wildman–Crippen LogP) is 2.81. The summed E-state index contributed by atoms with van der Waals surface area (Å²) in [7, 11) is 0. The van der Waals surface area contributed by atoms with Crippen LogP contribution in [0.25, 0.3) is 0 Å². The van der Waals surface area contributed by atoms with E-state index in [9.17, 15) is 0 Å². The highest BCUT2D eigenvalue weighted by molar-refractivity contribution is 5.44. The minimum absolute atomic E-state index is 0.0285. The van der Waals surface area contributed by atoms with Gasteiger partial charge in [0.1, 0.15) is 23.2 Å². The van der Waals surface area contributed by atoms with Gasteiger partial charge >= 0.3 is 0 Å². The van der Waals surface area contributed by atoms with E-state index >= 15 is 0 Å².